The van der Waals surface area contributed by atoms with Gasteiger partial charge in [0.2, 0.25) is 0 Å². The van der Waals surface area contributed by atoms with Gasteiger partial charge in [0, 0.05) is 23.8 Å². The summed E-state index contributed by atoms with van der Waals surface area (Å²) in [6, 6.07) is 21.0. The van der Waals surface area contributed by atoms with Gasteiger partial charge < -0.3 is 26.2 Å². The van der Waals surface area contributed by atoms with Crippen molar-refractivity contribution in [2.75, 3.05) is 18.4 Å². The van der Waals surface area contributed by atoms with Crippen LogP contribution in [0.1, 0.15) is 40.9 Å². The van der Waals surface area contributed by atoms with Gasteiger partial charge >= 0.3 is 24.3 Å². The van der Waals surface area contributed by atoms with Crippen LogP contribution in [-0.2, 0) is 9.59 Å². The maximum Gasteiger partial charge on any atom is 0.490 e. The third kappa shape index (κ3) is 10.3. The lowest BCUT2D eigenvalue weighted by atomic mass is 9.99. The number of carboxylic acids is 2. The lowest BCUT2D eigenvalue weighted by Gasteiger charge is -2.28. The number of aliphatic carboxylic acids is 2. The summed E-state index contributed by atoms with van der Waals surface area (Å²) in [5.74, 6) is -5.55. The first kappa shape index (κ1) is 33.9. The molecule has 1 unspecified atom stereocenters. The number of carbonyl (C=O) groups is 3. The number of hydrogen-bond donors (Lipinski definition) is 5. The van der Waals surface area contributed by atoms with Crippen molar-refractivity contribution in [2.45, 2.75) is 44.7 Å². The van der Waals surface area contributed by atoms with E-state index in [1.54, 1.807) is 0 Å². The maximum atomic E-state index is 13.0. The molecule has 3 aromatic carbocycles. The third-order valence-electron chi connectivity index (χ3n) is 6.08. The number of carboxylic acid groups (broad SMARTS) is 2. The Morgan fingerprint density at radius 3 is 2.00 bits per heavy atom. The van der Waals surface area contributed by atoms with Gasteiger partial charge in [0.25, 0.3) is 5.91 Å². The quantitative estimate of drug-likeness (QED) is 0.230. The monoisotopic (exact) mass is 601 g/mol. The van der Waals surface area contributed by atoms with E-state index in [1.165, 1.54) is 17.2 Å². The van der Waals surface area contributed by atoms with E-state index in [1.807, 2.05) is 50.2 Å². The highest BCUT2D eigenvalue weighted by atomic mass is 19.4. The highest BCUT2D eigenvalue weighted by Gasteiger charge is 2.38. The fraction of sp³-hybridized carbons (Fsp3) is 0.321. The van der Waals surface area contributed by atoms with E-state index in [9.17, 15) is 31.1 Å². The summed E-state index contributed by atoms with van der Waals surface area (Å²) < 4.78 is 63.5. The van der Waals surface area contributed by atoms with Gasteiger partial charge in [-0.25, -0.2) is 9.59 Å². The second-order valence-corrected chi connectivity index (χ2v) is 9.22. The Kier molecular flexibility index (Phi) is 11.7. The first-order valence-electron chi connectivity index (χ1n) is 12.5. The van der Waals surface area contributed by atoms with Crippen LogP contribution in [0.5, 0.6) is 0 Å². The van der Waals surface area contributed by atoms with Crippen LogP contribution < -0.4 is 16.0 Å². The van der Waals surface area contributed by atoms with E-state index in [4.69, 9.17) is 19.8 Å². The molecular formula is C28H29F6N3O5. The molecule has 3 aromatic rings. The lowest BCUT2D eigenvalue weighted by molar-refractivity contribution is -0.193. The van der Waals surface area contributed by atoms with Crippen molar-refractivity contribution in [1.29, 1.82) is 0 Å². The number of aryl methyl sites for hydroxylation is 1. The minimum atomic E-state index is -5.08. The summed E-state index contributed by atoms with van der Waals surface area (Å²) in [6.45, 7) is 6.00. The van der Waals surface area contributed by atoms with Crippen LogP contribution in [-0.4, -0.2) is 59.5 Å². The molecule has 5 N–H and O–H groups in total. The van der Waals surface area contributed by atoms with Crippen molar-refractivity contribution >= 4 is 34.3 Å². The first-order chi connectivity index (χ1) is 19.5. The summed E-state index contributed by atoms with van der Waals surface area (Å²) in [6.07, 6.45) is -8.96. The zero-order valence-electron chi connectivity index (χ0n) is 22.4. The fourth-order valence-electron chi connectivity index (χ4n) is 3.72. The standard InChI is InChI=1S/C24H27N3O.2C2HF3O2/c1-16-10-11-19(26-15-20-12-13-25-20)14-23(16)24(28)27-17(2)21-9-5-7-18-6-3-4-8-22(18)21;2*3-2(4,5)1(6)7/h3-11,14,17,20,25-26H,12-13,15H2,1-2H3,(H,27,28);2*(H,6,7)/t17-,20?;;/m1../s1. The molecule has 4 rings (SSSR count). The molecule has 8 nitrogen and oxygen atoms in total. The largest absolute Gasteiger partial charge is 0.490 e. The van der Waals surface area contributed by atoms with Crippen molar-refractivity contribution in [1.82, 2.24) is 10.6 Å². The average Bonchev–Trinajstić information content (AvgIpc) is 2.88. The molecule has 0 aliphatic carbocycles. The predicted molar refractivity (Wildman–Crippen MR) is 143 cm³/mol. The summed E-state index contributed by atoms with van der Waals surface area (Å²) >= 11 is 0. The predicted octanol–water partition coefficient (Wildman–Crippen LogP) is 5.68. The second-order valence-electron chi connectivity index (χ2n) is 9.22. The number of rotatable bonds is 6. The lowest BCUT2D eigenvalue weighted by Crippen LogP contribution is -2.47. The van der Waals surface area contributed by atoms with Crippen molar-refractivity contribution < 1.29 is 50.9 Å². The van der Waals surface area contributed by atoms with E-state index in [2.05, 4.69) is 40.2 Å². The minimum Gasteiger partial charge on any atom is -0.475 e. The van der Waals surface area contributed by atoms with Gasteiger partial charge in [0.15, 0.2) is 0 Å². The Morgan fingerprint density at radius 2 is 1.48 bits per heavy atom. The highest BCUT2D eigenvalue weighted by Crippen LogP contribution is 2.25. The normalized spacial score (nSPS) is 15.1. The molecule has 0 radical (unpaired) electrons. The SMILES string of the molecule is Cc1ccc(NCC2CCN2)cc1C(=O)N[C@H](C)c1cccc2ccccc12.O=C(O)C(F)(F)F.O=C(O)C(F)(F)F. The van der Waals surface area contributed by atoms with Crippen molar-refractivity contribution in [2.24, 2.45) is 0 Å². The fourth-order valence-corrected chi connectivity index (χ4v) is 3.72. The molecule has 1 heterocycles. The van der Waals surface area contributed by atoms with Crippen molar-refractivity contribution in [3.8, 4) is 0 Å². The van der Waals surface area contributed by atoms with Gasteiger partial charge in [-0.15, -0.1) is 0 Å². The Balaban J connectivity index is 0.000000367. The van der Waals surface area contributed by atoms with E-state index < -0.39 is 24.3 Å². The highest BCUT2D eigenvalue weighted by molar-refractivity contribution is 5.97. The molecule has 2 atom stereocenters. The Hall–Kier alpha value is -4.33. The summed E-state index contributed by atoms with van der Waals surface area (Å²) in [5.41, 5.74) is 3.82. The van der Waals surface area contributed by atoms with Crippen LogP contribution in [0.2, 0.25) is 0 Å². The molecular weight excluding hydrogens is 572 g/mol. The van der Waals surface area contributed by atoms with Gasteiger partial charge in [0.05, 0.1) is 6.04 Å². The number of carbonyl (C=O) groups excluding carboxylic acids is 1. The Bertz CT molecular complexity index is 1360. The number of nitrogens with one attached hydrogen (secondary N) is 3. The van der Waals surface area contributed by atoms with Gasteiger partial charge in [-0.1, -0.05) is 48.5 Å². The van der Waals surface area contributed by atoms with Crippen LogP contribution in [0.3, 0.4) is 0 Å². The number of hydrogen-bond acceptors (Lipinski definition) is 5. The van der Waals surface area contributed by atoms with Gasteiger partial charge in [-0.2, -0.15) is 26.3 Å². The zero-order chi connectivity index (χ0) is 31.7. The van der Waals surface area contributed by atoms with Crippen LogP contribution in [0.4, 0.5) is 32.0 Å². The topological polar surface area (TPSA) is 128 Å². The van der Waals surface area contributed by atoms with E-state index in [-0.39, 0.29) is 11.9 Å². The van der Waals surface area contributed by atoms with E-state index in [0.29, 0.717) is 6.04 Å². The maximum absolute atomic E-state index is 13.0. The van der Waals surface area contributed by atoms with Crippen molar-refractivity contribution in [3.05, 3.63) is 77.4 Å². The molecule has 1 aliphatic heterocycles. The number of halogens is 6. The summed E-state index contributed by atoms with van der Waals surface area (Å²) in [5, 5.41) is 26.6. The number of anilines is 1. The molecule has 1 aliphatic rings. The first-order valence-corrected chi connectivity index (χ1v) is 12.5. The molecule has 228 valence electrons. The second kappa shape index (κ2) is 14.5. The van der Waals surface area contributed by atoms with E-state index >= 15 is 0 Å². The average molecular weight is 602 g/mol. The molecule has 0 saturated carbocycles. The molecule has 0 spiro atoms. The van der Waals surface area contributed by atoms with Crippen LogP contribution in [0.25, 0.3) is 10.8 Å². The smallest absolute Gasteiger partial charge is 0.475 e. The summed E-state index contributed by atoms with van der Waals surface area (Å²) in [7, 11) is 0. The van der Waals surface area contributed by atoms with Gasteiger partial charge in [-0.3, -0.25) is 4.79 Å². The number of benzene rings is 3. The van der Waals surface area contributed by atoms with Crippen LogP contribution in [0, 0.1) is 6.92 Å². The molecule has 14 heteroatoms. The molecule has 1 amide bonds. The molecule has 0 bridgehead atoms. The summed E-state index contributed by atoms with van der Waals surface area (Å²) in [4.78, 5) is 30.8. The number of amides is 1. The Morgan fingerprint density at radius 1 is 0.929 bits per heavy atom. The molecule has 0 aromatic heterocycles. The van der Waals surface area contributed by atoms with Crippen LogP contribution >= 0.6 is 0 Å². The Labute approximate surface area is 236 Å². The third-order valence-corrected chi connectivity index (χ3v) is 6.08. The van der Waals surface area contributed by atoms with Gasteiger partial charge in [0.1, 0.15) is 0 Å². The number of alkyl halides is 6. The van der Waals surface area contributed by atoms with Crippen LogP contribution in [0.15, 0.2) is 60.7 Å². The zero-order valence-corrected chi connectivity index (χ0v) is 22.4. The molecule has 1 fully saturated rings. The van der Waals surface area contributed by atoms with Crippen molar-refractivity contribution in [3.63, 3.8) is 0 Å². The minimum absolute atomic E-state index is 0.0386. The molecule has 1 saturated heterocycles. The van der Waals surface area contributed by atoms with Gasteiger partial charge in [-0.05, 0) is 60.8 Å². The van der Waals surface area contributed by atoms with E-state index in [0.717, 1.165) is 35.5 Å². The number of fused-ring (bicyclic) bond motifs is 1. The molecule has 42 heavy (non-hydrogen) atoms.